The molecule has 2 bridgehead atoms. The SMILES string of the molecule is CC1C2CCC1c1c2c(O)c2cccc(Cl)c2c1O. The van der Waals surface area contributed by atoms with Crippen molar-refractivity contribution in [1.29, 1.82) is 0 Å². The predicted molar refractivity (Wildman–Crippen MR) is 76.2 cm³/mol. The summed E-state index contributed by atoms with van der Waals surface area (Å²) in [6.07, 6.45) is 2.21. The first-order valence-electron chi connectivity index (χ1n) is 6.77. The van der Waals surface area contributed by atoms with Crippen molar-refractivity contribution in [2.75, 3.05) is 0 Å². The average Bonchev–Trinajstić information content (AvgIpc) is 2.89. The minimum atomic E-state index is 0.285. The van der Waals surface area contributed by atoms with Crippen LogP contribution in [0.5, 0.6) is 11.5 Å². The molecule has 2 aromatic carbocycles. The third-order valence-electron chi connectivity index (χ3n) is 5.11. The van der Waals surface area contributed by atoms with Gasteiger partial charge in [-0.05, 0) is 36.7 Å². The van der Waals surface area contributed by atoms with Gasteiger partial charge in [0.05, 0.1) is 5.02 Å². The molecule has 2 N–H and O–H groups in total. The summed E-state index contributed by atoms with van der Waals surface area (Å²) in [4.78, 5) is 0. The summed E-state index contributed by atoms with van der Waals surface area (Å²) < 4.78 is 0. The van der Waals surface area contributed by atoms with Crippen molar-refractivity contribution < 1.29 is 10.2 Å². The van der Waals surface area contributed by atoms with Crippen LogP contribution in [0.2, 0.25) is 5.02 Å². The van der Waals surface area contributed by atoms with E-state index in [9.17, 15) is 10.2 Å². The molecule has 1 fully saturated rings. The molecule has 0 aromatic heterocycles. The van der Waals surface area contributed by atoms with E-state index in [1.54, 1.807) is 6.07 Å². The largest absolute Gasteiger partial charge is 0.507 e. The molecule has 3 atom stereocenters. The van der Waals surface area contributed by atoms with E-state index in [0.29, 0.717) is 39.3 Å². The number of benzene rings is 2. The molecule has 0 heterocycles. The molecule has 0 saturated heterocycles. The number of phenols is 2. The van der Waals surface area contributed by atoms with E-state index in [4.69, 9.17) is 11.6 Å². The Morgan fingerprint density at radius 1 is 1.05 bits per heavy atom. The summed E-state index contributed by atoms with van der Waals surface area (Å²) in [7, 11) is 0. The maximum Gasteiger partial charge on any atom is 0.128 e. The van der Waals surface area contributed by atoms with Gasteiger partial charge in [0.2, 0.25) is 0 Å². The molecule has 3 heteroatoms. The van der Waals surface area contributed by atoms with Crippen molar-refractivity contribution in [2.45, 2.75) is 31.6 Å². The van der Waals surface area contributed by atoms with Gasteiger partial charge < -0.3 is 10.2 Å². The van der Waals surface area contributed by atoms with E-state index < -0.39 is 0 Å². The smallest absolute Gasteiger partial charge is 0.128 e. The Bertz CT molecular complexity index is 708. The maximum atomic E-state index is 10.6. The van der Waals surface area contributed by atoms with Crippen molar-refractivity contribution in [3.8, 4) is 11.5 Å². The van der Waals surface area contributed by atoms with Gasteiger partial charge in [0.1, 0.15) is 11.5 Å². The zero-order valence-corrected chi connectivity index (χ0v) is 11.4. The number of hydrogen-bond acceptors (Lipinski definition) is 2. The van der Waals surface area contributed by atoms with Gasteiger partial charge in [-0.15, -0.1) is 0 Å². The highest BCUT2D eigenvalue weighted by molar-refractivity contribution is 6.36. The van der Waals surface area contributed by atoms with Crippen molar-refractivity contribution in [3.63, 3.8) is 0 Å². The molecular weight excluding hydrogens is 260 g/mol. The summed E-state index contributed by atoms with van der Waals surface area (Å²) in [5.74, 6) is 1.86. The first-order valence-corrected chi connectivity index (χ1v) is 7.15. The lowest BCUT2D eigenvalue weighted by Crippen LogP contribution is -2.00. The van der Waals surface area contributed by atoms with Crippen LogP contribution in [0.25, 0.3) is 10.8 Å². The average molecular weight is 275 g/mol. The number of rotatable bonds is 0. The minimum Gasteiger partial charge on any atom is -0.507 e. The van der Waals surface area contributed by atoms with Crippen LogP contribution in [0.15, 0.2) is 18.2 Å². The Hall–Kier alpha value is -1.41. The maximum absolute atomic E-state index is 10.6. The molecule has 3 unspecified atom stereocenters. The molecule has 2 nitrogen and oxygen atoms in total. The van der Waals surface area contributed by atoms with Gasteiger partial charge in [0.25, 0.3) is 0 Å². The Labute approximate surface area is 116 Å². The summed E-state index contributed by atoms with van der Waals surface area (Å²) in [6.45, 7) is 2.22. The van der Waals surface area contributed by atoms with Crippen molar-refractivity contribution in [1.82, 2.24) is 0 Å². The van der Waals surface area contributed by atoms with E-state index >= 15 is 0 Å². The second-order valence-corrected chi connectivity index (χ2v) is 6.24. The van der Waals surface area contributed by atoms with Gasteiger partial charge in [-0.1, -0.05) is 30.7 Å². The summed E-state index contributed by atoms with van der Waals surface area (Å²) >= 11 is 6.20. The topological polar surface area (TPSA) is 40.5 Å². The van der Waals surface area contributed by atoms with E-state index in [1.807, 2.05) is 12.1 Å². The quantitative estimate of drug-likeness (QED) is 0.694. The lowest BCUT2D eigenvalue weighted by Gasteiger charge is -2.20. The van der Waals surface area contributed by atoms with E-state index in [0.717, 1.165) is 24.0 Å². The van der Waals surface area contributed by atoms with E-state index in [-0.39, 0.29) is 5.75 Å². The lowest BCUT2D eigenvalue weighted by atomic mass is 9.87. The van der Waals surface area contributed by atoms with Crippen molar-refractivity contribution in [2.24, 2.45) is 5.92 Å². The lowest BCUT2D eigenvalue weighted by molar-refractivity contribution is 0.452. The van der Waals surface area contributed by atoms with Crippen molar-refractivity contribution in [3.05, 3.63) is 34.3 Å². The van der Waals surface area contributed by atoms with Crippen LogP contribution < -0.4 is 0 Å². The number of phenolic OH excluding ortho intramolecular Hbond substituents is 2. The van der Waals surface area contributed by atoms with Crippen LogP contribution in [-0.2, 0) is 0 Å². The number of halogens is 1. The van der Waals surface area contributed by atoms with Gasteiger partial charge >= 0.3 is 0 Å². The van der Waals surface area contributed by atoms with Crippen LogP contribution in [-0.4, -0.2) is 10.2 Å². The highest BCUT2D eigenvalue weighted by Crippen LogP contribution is 2.63. The molecule has 2 aliphatic carbocycles. The molecule has 98 valence electrons. The highest BCUT2D eigenvalue weighted by Gasteiger charge is 2.47. The minimum absolute atomic E-state index is 0.285. The third-order valence-corrected chi connectivity index (χ3v) is 5.42. The molecule has 0 amide bonds. The number of fused-ring (bicyclic) bond motifs is 6. The van der Waals surface area contributed by atoms with Gasteiger partial charge in [0.15, 0.2) is 0 Å². The van der Waals surface area contributed by atoms with Crippen LogP contribution in [0.1, 0.15) is 42.7 Å². The normalized spacial score (nSPS) is 28.0. The zero-order chi connectivity index (χ0) is 13.3. The fourth-order valence-corrected chi connectivity index (χ4v) is 4.49. The molecule has 4 rings (SSSR count). The second kappa shape index (κ2) is 3.57. The van der Waals surface area contributed by atoms with Crippen LogP contribution in [0.3, 0.4) is 0 Å². The number of hydrogen-bond donors (Lipinski definition) is 2. The first-order chi connectivity index (χ1) is 9.11. The summed E-state index contributed by atoms with van der Waals surface area (Å²) in [6, 6.07) is 5.39. The molecule has 2 aliphatic rings. The Balaban J connectivity index is 2.18. The Kier molecular flexibility index (Phi) is 2.15. The standard InChI is InChI=1S/C16H15ClO2/c1-7-8-5-6-9(7)14-13(8)15(18)10-3-2-4-11(17)12(10)16(14)19/h2-4,7-9,18-19H,5-6H2,1H3. The van der Waals surface area contributed by atoms with Crippen LogP contribution in [0, 0.1) is 5.92 Å². The first kappa shape index (κ1) is 11.4. The second-order valence-electron chi connectivity index (χ2n) is 5.84. The van der Waals surface area contributed by atoms with Gasteiger partial charge in [-0.2, -0.15) is 0 Å². The highest BCUT2D eigenvalue weighted by atomic mass is 35.5. The van der Waals surface area contributed by atoms with Crippen molar-refractivity contribution >= 4 is 22.4 Å². The molecule has 0 spiro atoms. The van der Waals surface area contributed by atoms with E-state index in [2.05, 4.69) is 6.92 Å². The summed E-state index contributed by atoms with van der Waals surface area (Å²) in [5.41, 5.74) is 1.91. The van der Waals surface area contributed by atoms with Gasteiger partial charge in [-0.25, -0.2) is 0 Å². The molecule has 19 heavy (non-hydrogen) atoms. The molecule has 0 aliphatic heterocycles. The third kappa shape index (κ3) is 1.23. The van der Waals surface area contributed by atoms with Crippen LogP contribution in [0.4, 0.5) is 0 Å². The van der Waals surface area contributed by atoms with Gasteiger partial charge in [-0.3, -0.25) is 0 Å². The molecule has 0 radical (unpaired) electrons. The van der Waals surface area contributed by atoms with Gasteiger partial charge in [0, 0.05) is 21.9 Å². The summed E-state index contributed by atoms with van der Waals surface area (Å²) in [5, 5.41) is 23.0. The monoisotopic (exact) mass is 274 g/mol. The Morgan fingerprint density at radius 2 is 1.68 bits per heavy atom. The molecular formula is C16H15ClO2. The number of aromatic hydroxyl groups is 2. The molecule has 1 saturated carbocycles. The Morgan fingerprint density at radius 3 is 2.37 bits per heavy atom. The molecule has 2 aromatic rings. The fourth-order valence-electron chi connectivity index (χ4n) is 4.23. The fraction of sp³-hybridized carbons (Fsp3) is 0.375. The van der Waals surface area contributed by atoms with E-state index in [1.165, 1.54) is 0 Å². The zero-order valence-electron chi connectivity index (χ0n) is 10.7. The predicted octanol–water partition coefficient (Wildman–Crippen LogP) is 4.52. The van der Waals surface area contributed by atoms with Crippen LogP contribution >= 0.6 is 11.6 Å².